The SMILES string of the molecule is CCCCOC(=O)Cn1c(=N)n(CCN2CCCCC2)c2ccccc21. The third-order valence-electron chi connectivity index (χ3n) is 5.11. The van der Waals surface area contributed by atoms with Crippen LogP contribution in [0.4, 0.5) is 0 Å². The molecule has 0 atom stereocenters. The molecule has 0 amide bonds. The van der Waals surface area contributed by atoms with Gasteiger partial charge in [-0.3, -0.25) is 14.8 Å². The molecule has 142 valence electrons. The number of nitrogens with one attached hydrogen (secondary N) is 1. The molecule has 0 aliphatic carbocycles. The summed E-state index contributed by atoms with van der Waals surface area (Å²) in [6.45, 7) is 6.65. The number of piperidine rings is 1. The molecule has 6 heteroatoms. The van der Waals surface area contributed by atoms with Gasteiger partial charge in [-0.15, -0.1) is 0 Å². The van der Waals surface area contributed by atoms with Crippen molar-refractivity contribution in [3.05, 3.63) is 29.9 Å². The number of fused-ring (bicyclic) bond motifs is 1. The number of unbranched alkanes of at least 4 members (excludes halogenated alkanes) is 1. The molecule has 26 heavy (non-hydrogen) atoms. The molecule has 0 radical (unpaired) electrons. The van der Waals surface area contributed by atoms with Crippen molar-refractivity contribution in [1.29, 1.82) is 5.41 Å². The van der Waals surface area contributed by atoms with Crippen LogP contribution < -0.4 is 5.62 Å². The van der Waals surface area contributed by atoms with Crippen LogP contribution in [0.15, 0.2) is 24.3 Å². The number of esters is 1. The van der Waals surface area contributed by atoms with Crippen LogP contribution in [0.1, 0.15) is 39.0 Å². The summed E-state index contributed by atoms with van der Waals surface area (Å²) in [4.78, 5) is 14.6. The second-order valence-electron chi connectivity index (χ2n) is 7.03. The Labute approximate surface area is 154 Å². The Morgan fingerprint density at radius 1 is 1.08 bits per heavy atom. The van der Waals surface area contributed by atoms with E-state index >= 15 is 0 Å². The molecule has 0 unspecified atom stereocenters. The van der Waals surface area contributed by atoms with E-state index in [-0.39, 0.29) is 12.5 Å². The Balaban J connectivity index is 1.77. The van der Waals surface area contributed by atoms with E-state index in [1.165, 1.54) is 19.3 Å². The average Bonchev–Trinajstić information content (AvgIpc) is 2.93. The third-order valence-corrected chi connectivity index (χ3v) is 5.11. The molecular formula is C20H30N4O2. The molecule has 0 saturated carbocycles. The van der Waals surface area contributed by atoms with Gasteiger partial charge >= 0.3 is 5.97 Å². The number of hydrogen-bond acceptors (Lipinski definition) is 4. The number of aromatic nitrogens is 2. The normalized spacial score (nSPS) is 15.4. The molecule has 1 fully saturated rings. The molecule has 1 aromatic carbocycles. The average molecular weight is 358 g/mol. The van der Waals surface area contributed by atoms with Gasteiger partial charge in [-0.05, 0) is 44.5 Å². The van der Waals surface area contributed by atoms with Crippen molar-refractivity contribution in [1.82, 2.24) is 14.0 Å². The Morgan fingerprint density at radius 2 is 1.77 bits per heavy atom. The van der Waals surface area contributed by atoms with E-state index < -0.39 is 0 Å². The number of carbonyl (C=O) groups is 1. The summed E-state index contributed by atoms with van der Waals surface area (Å²) in [6, 6.07) is 7.95. The van der Waals surface area contributed by atoms with Crippen molar-refractivity contribution >= 4 is 17.0 Å². The van der Waals surface area contributed by atoms with Crippen LogP contribution >= 0.6 is 0 Å². The zero-order chi connectivity index (χ0) is 18.4. The Bertz CT molecular complexity index is 787. The predicted octanol–water partition coefficient (Wildman–Crippen LogP) is 2.75. The molecule has 2 aromatic rings. The summed E-state index contributed by atoms with van der Waals surface area (Å²) in [5, 5.41) is 8.60. The van der Waals surface area contributed by atoms with Gasteiger partial charge in [0.15, 0.2) is 0 Å². The summed E-state index contributed by atoms with van der Waals surface area (Å²) in [6.07, 6.45) is 5.74. The lowest BCUT2D eigenvalue weighted by Gasteiger charge is -2.26. The maximum absolute atomic E-state index is 12.2. The molecule has 1 aliphatic rings. The van der Waals surface area contributed by atoms with Gasteiger partial charge in [0, 0.05) is 13.1 Å². The van der Waals surface area contributed by atoms with Gasteiger partial charge in [0.2, 0.25) is 5.62 Å². The Morgan fingerprint density at radius 3 is 2.46 bits per heavy atom. The molecule has 3 rings (SSSR count). The van der Waals surface area contributed by atoms with E-state index in [9.17, 15) is 4.79 Å². The van der Waals surface area contributed by atoms with Crippen molar-refractivity contribution in [2.24, 2.45) is 0 Å². The van der Waals surface area contributed by atoms with E-state index in [4.69, 9.17) is 10.1 Å². The lowest BCUT2D eigenvalue weighted by atomic mass is 10.1. The minimum Gasteiger partial charge on any atom is -0.464 e. The van der Waals surface area contributed by atoms with Gasteiger partial charge in [0.05, 0.1) is 17.6 Å². The van der Waals surface area contributed by atoms with Crippen molar-refractivity contribution in [2.45, 2.75) is 52.1 Å². The van der Waals surface area contributed by atoms with Crippen LogP contribution in [0.5, 0.6) is 0 Å². The van der Waals surface area contributed by atoms with Crippen molar-refractivity contribution in [3.63, 3.8) is 0 Å². The van der Waals surface area contributed by atoms with E-state index in [1.54, 1.807) is 4.57 Å². The number of para-hydroxylation sites is 2. The fraction of sp³-hybridized carbons (Fsp3) is 0.600. The molecule has 1 N–H and O–H groups in total. The number of imidazole rings is 1. The maximum atomic E-state index is 12.2. The van der Waals surface area contributed by atoms with Crippen molar-refractivity contribution in [3.8, 4) is 0 Å². The number of carbonyl (C=O) groups excluding carboxylic acids is 1. The number of likely N-dealkylation sites (tertiary alicyclic amines) is 1. The lowest BCUT2D eigenvalue weighted by Crippen LogP contribution is -2.35. The second-order valence-corrected chi connectivity index (χ2v) is 7.03. The van der Waals surface area contributed by atoms with Gasteiger partial charge in [-0.2, -0.15) is 0 Å². The predicted molar refractivity (Wildman–Crippen MR) is 102 cm³/mol. The quantitative estimate of drug-likeness (QED) is 0.583. The minimum absolute atomic E-state index is 0.0970. The van der Waals surface area contributed by atoms with Gasteiger partial charge in [0.25, 0.3) is 0 Å². The van der Waals surface area contributed by atoms with Crippen molar-refractivity contribution < 1.29 is 9.53 Å². The topological polar surface area (TPSA) is 63.2 Å². The summed E-state index contributed by atoms with van der Waals surface area (Å²) in [5.41, 5.74) is 2.30. The number of nitrogens with zero attached hydrogens (tertiary/aromatic N) is 3. The highest BCUT2D eigenvalue weighted by atomic mass is 16.5. The van der Waals surface area contributed by atoms with Crippen LogP contribution in [0, 0.1) is 5.41 Å². The number of rotatable bonds is 8. The van der Waals surface area contributed by atoms with Crippen LogP contribution in [0.25, 0.3) is 11.0 Å². The molecule has 1 aromatic heterocycles. The van der Waals surface area contributed by atoms with E-state index in [2.05, 4.69) is 11.8 Å². The van der Waals surface area contributed by atoms with Crippen molar-refractivity contribution in [2.75, 3.05) is 26.2 Å². The highest BCUT2D eigenvalue weighted by Gasteiger charge is 2.15. The fourth-order valence-electron chi connectivity index (χ4n) is 3.61. The zero-order valence-corrected chi connectivity index (χ0v) is 15.7. The largest absolute Gasteiger partial charge is 0.464 e. The smallest absolute Gasteiger partial charge is 0.326 e. The van der Waals surface area contributed by atoms with Crippen LogP contribution in [0.2, 0.25) is 0 Å². The van der Waals surface area contributed by atoms with E-state index in [0.29, 0.717) is 12.2 Å². The van der Waals surface area contributed by atoms with E-state index in [1.807, 2.05) is 28.8 Å². The first-order valence-electron chi connectivity index (χ1n) is 9.81. The number of hydrogen-bond donors (Lipinski definition) is 1. The molecular weight excluding hydrogens is 328 g/mol. The highest BCUT2D eigenvalue weighted by Crippen LogP contribution is 2.14. The van der Waals surface area contributed by atoms with Crippen LogP contribution in [0.3, 0.4) is 0 Å². The fourth-order valence-corrected chi connectivity index (χ4v) is 3.61. The number of benzene rings is 1. The standard InChI is InChI=1S/C20H30N4O2/c1-2-3-15-26-19(25)16-24-18-10-6-5-9-17(18)23(20(24)21)14-13-22-11-7-4-8-12-22/h5-6,9-10,21H,2-4,7-8,11-16H2,1H3. The summed E-state index contributed by atoms with van der Waals surface area (Å²) >= 11 is 0. The van der Waals surface area contributed by atoms with Gasteiger partial charge in [-0.1, -0.05) is 31.9 Å². The third kappa shape index (κ3) is 4.36. The lowest BCUT2D eigenvalue weighted by molar-refractivity contribution is -0.144. The van der Waals surface area contributed by atoms with Gasteiger partial charge < -0.3 is 14.2 Å². The highest BCUT2D eigenvalue weighted by molar-refractivity contribution is 5.78. The van der Waals surface area contributed by atoms with Gasteiger partial charge in [-0.25, -0.2) is 0 Å². The first-order chi connectivity index (χ1) is 12.7. The first kappa shape index (κ1) is 18.7. The zero-order valence-electron chi connectivity index (χ0n) is 15.7. The monoisotopic (exact) mass is 358 g/mol. The van der Waals surface area contributed by atoms with Gasteiger partial charge in [0.1, 0.15) is 6.54 Å². The Hall–Kier alpha value is -2.08. The molecule has 2 heterocycles. The second kappa shape index (κ2) is 9.03. The molecule has 0 spiro atoms. The van der Waals surface area contributed by atoms with E-state index in [0.717, 1.165) is 50.1 Å². The molecule has 0 bridgehead atoms. The molecule has 6 nitrogen and oxygen atoms in total. The van der Waals surface area contributed by atoms with Crippen LogP contribution in [-0.2, 0) is 22.6 Å². The summed E-state index contributed by atoms with van der Waals surface area (Å²) in [7, 11) is 0. The number of ether oxygens (including phenoxy) is 1. The van der Waals surface area contributed by atoms with Crippen LogP contribution in [-0.4, -0.2) is 46.2 Å². The maximum Gasteiger partial charge on any atom is 0.326 e. The molecule has 1 saturated heterocycles. The Kier molecular flexibility index (Phi) is 6.50. The first-order valence-corrected chi connectivity index (χ1v) is 9.81. The summed E-state index contributed by atoms with van der Waals surface area (Å²) < 4.78 is 9.07. The minimum atomic E-state index is -0.268. The summed E-state index contributed by atoms with van der Waals surface area (Å²) in [5.74, 6) is -0.268. The molecule has 1 aliphatic heterocycles.